The minimum Gasteiger partial charge on any atom is -0.326 e. The number of amidine groups is 1. The number of benzene rings is 1. The molecule has 0 fully saturated rings. The van der Waals surface area contributed by atoms with E-state index in [0.717, 1.165) is 36.8 Å². The van der Waals surface area contributed by atoms with E-state index < -0.39 is 0 Å². The van der Waals surface area contributed by atoms with Crippen molar-refractivity contribution in [1.82, 2.24) is 4.90 Å². The van der Waals surface area contributed by atoms with Gasteiger partial charge < -0.3 is 10.2 Å². The Morgan fingerprint density at radius 1 is 1.32 bits per heavy atom. The van der Waals surface area contributed by atoms with Gasteiger partial charge in [-0.1, -0.05) is 37.7 Å². The third kappa shape index (κ3) is 2.90. The molecule has 5 heteroatoms. The molecule has 1 amide bonds. The number of hydrogen-bond donors (Lipinski definition) is 1. The Bertz CT molecular complexity index is 617. The zero-order valence-electron chi connectivity index (χ0n) is 13.0. The average molecular weight is 315 g/mol. The quantitative estimate of drug-likeness (QED) is 0.899. The van der Waals surface area contributed by atoms with Crippen LogP contribution in [-0.2, 0) is 4.79 Å². The van der Waals surface area contributed by atoms with Crippen LogP contribution in [0.4, 0.5) is 5.69 Å². The summed E-state index contributed by atoms with van der Waals surface area (Å²) in [5.74, 6) is 0.208. The molecule has 0 unspecified atom stereocenters. The Morgan fingerprint density at radius 2 is 2.05 bits per heavy atom. The molecule has 116 valence electrons. The summed E-state index contributed by atoms with van der Waals surface area (Å²) in [5.41, 5.74) is 3.24. The SMILES string of the molecule is CCC(CC)C(=O)Nc1ccc(C2=CSC3=NCCN23)cc1. The summed E-state index contributed by atoms with van der Waals surface area (Å²) in [6.45, 7) is 5.94. The van der Waals surface area contributed by atoms with Gasteiger partial charge in [0, 0.05) is 23.6 Å². The van der Waals surface area contributed by atoms with Crippen molar-refractivity contribution in [3.8, 4) is 0 Å². The van der Waals surface area contributed by atoms with Gasteiger partial charge in [-0.25, -0.2) is 0 Å². The van der Waals surface area contributed by atoms with Crippen LogP contribution in [0, 0.1) is 5.92 Å². The predicted octanol–water partition coefficient (Wildman–Crippen LogP) is 3.78. The van der Waals surface area contributed by atoms with E-state index in [1.165, 1.54) is 11.3 Å². The van der Waals surface area contributed by atoms with Crippen LogP contribution in [0.3, 0.4) is 0 Å². The molecule has 0 bridgehead atoms. The lowest BCUT2D eigenvalue weighted by Crippen LogP contribution is -2.21. The molecule has 0 radical (unpaired) electrons. The van der Waals surface area contributed by atoms with Crippen molar-refractivity contribution in [3.05, 3.63) is 35.2 Å². The number of hydrogen-bond acceptors (Lipinski definition) is 4. The second-order valence-electron chi connectivity index (χ2n) is 5.52. The van der Waals surface area contributed by atoms with Gasteiger partial charge in [-0.05, 0) is 30.5 Å². The number of anilines is 1. The Balaban J connectivity index is 1.68. The Labute approximate surface area is 135 Å². The Hall–Kier alpha value is -1.75. The zero-order valence-corrected chi connectivity index (χ0v) is 13.8. The van der Waals surface area contributed by atoms with E-state index in [9.17, 15) is 4.79 Å². The van der Waals surface area contributed by atoms with Gasteiger partial charge >= 0.3 is 0 Å². The van der Waals surface area contributed by atoms with Crippen LogP contribution in [-0.4, -0.2) is 29.1 Å². The standard InChI is InChI=1S/C17H21N3OS/c1-3-12(4-2)16(21)19-14-7-5-13(6-8-14)15-11-22-17-18-9-10-20(15)17/h5-8,11-12H,3-4,9-10H2,1-2H3,(H,19,21). The van der Waals surface area contributed by atoms with Gasteiger partial charge in [-0.15, -0.1) is 0 Å². The molecular formula is C17H21N3OS. The van der Waals surface area contributed by atoms with Crippen molar-refractivity contribution >= 4 is 34.2 Å². The maximum atomic E-state index is 12.1. The van der Waals surface area contributed by atoms with Crippen molar-refractivity contribution < 1.29 is 4.79 Å². The smallest absolute Gasteiger partial charge is 0.227 e. The number of aliphatic imine (C=N–C) groups is 1. The maximum absolute atomic E-state index is 12.1. The molecule has 0 spiro atoms. The van der Waals surface area contributed by atoms with Crippen molar-refractivity contribution in [2.24, 2.45) is 10.9 Å². The molecule has 1 aromatic carbocycles. The minimum absolute atomic E-state index is 0.0944. The van der Waals surface area contributed by atoms with Crippen LogP contribution >= 0.6 is 11.8 Å². The summed E-state index contributed by atoms with van der Waals surface area (Å²) in [4.78, 5) is 18.8. The van der Waals surface area contributed by atoms with Crippen molar-refractivity contribution in [3.63, 3.8) is 0 Å². The average Bonchev–Trinajstić information content (AvgIpc) is 3.12. The molecule has 3 rings (SSSR count). The zero-order chi connectivity index (χ0) is 15.5. The van der Waals surface area contributed by atoms with Gasteiger partial charge in [0.15, 0.2) is 5.17 Å². The highest BCUT2D eigenvalue weighted by Crippen LogP contribution is 2.35. The van der Waals surface area contributed by atoms with Gasteiger partial charge in [0.25, 0.3) is 0 Å². The van der Waals surface area contributed by atoms with Gasteiger partial charge in [0.1, 0.15) is 0 Å². The Kier molecular flexibility index (Phi) is 4.52. The molecule has 1 N–H and O–H groups in total. The van der Waals surface area contributed by atoms with E-state index in [2.05, 4.69) is 46.6 Å². The van der Waals surface area contributed by atoms with Crippen LogP contribution in [0.2, 0.25) is 0 Å². The normalized spacial score (nSPS) is 16.6. The van der Waals surface area contributed by atoms with Gasteiger partial charge in [-0.2, -0.15) is 0 Å². The number of fused-ring (bicyclic) bond motifs is 1. The van der Waals surface area contributed by atoms with Crippen LogP contribution < -0.4 is 5.32 Å². The van der Waals surface area contributed by atoms with E-state index in [-0.39, 0.29) is 11.8 Å². The number of carbonyl (C=O) groups is 1. The summed E-state index contributed by atoms with van der Waals surface area (Å²) >= 11 is 1.68. The highest BCUT2D eigenvalue weighted by atomic mass is 32.2. The summed E-state index contributed by atoms with van der Waals surface area (Å²) < 4.78 is 0. The molecule has 0 saturated carbocycles. The first-order valence-corrected chi connectivity index (χ1v) is 8.71. The molecule has 2 aliphatic rings. The van der Waals surface area contributed by atoms with Crippen LogP contribution in [0.15, 0.2) is 34.7 Å². The summed E-state index contributed by atoms with van der Waals surface area (Å²) in [7, 11) is 0. The lowest BCUT2D eigenvalue weighted by atomic mass is 10.0. The molecular weight excluding hydrogens is 294 g/mol. The lowest BCUT2D eigenvalue weighted by Gasteiger charge is -2.17. The molecule has 0 aromatic heterocycles. The number of thioether (sulfide) groups is 1. The van der Waals surface area contributed by atoms with Crippen LogP contribution in [0.1, 0.15) is 32.3 Å². The maximum Gasteiger partial charge on any atom is 0.227 e. The summed E-state index contributed by atoms with van der Waals surface area (Å²) in [5, 5.41) is 6.25. The Morgan fingerprint density at radius 3 is 2.73 bits per heavy atom. The highest BCUT2D eigenvalue weighted by Gasteiger charge is 2.26. The fraction of sp³-hybridized carbons (Fsp3) is 0.412. The molecule has 0 atom stereocenters. The summed E-state index contributed by atoms with van der Waals surface area (Å²) in [6.07, 6.45) is 1.75. The first-order chi connectivity index (χ1) is 10.7. The van der Waals surface area contributed by atoms with Crippen molar-refractivity contribution in [2.45, 2.75) is 26.7 Å². The molecule has 1 aromatic rings. The minimum atomic E-state index is 0.0944. The monoisotopic (exact) mass is 315 g/mol. The molecule has 0 aliphatic carbocycles. The number of nitrogens with one attached hydrogen (secondary N) is 1. The van der Waals surface area contributed by atoms with Crippen molar-refractivity contribution in [2.75, 3.05) is 18.4 Å². The molecule has 4 nitrogen and oxygen atoms in total. The number of amides is 1. The topological polar surface area (TPSA) is 44.7 Å². The summed E-state index contributed by atoms with van der Waals surface area (Å²) in [6, 6.07) is 8.09. The van der Waals surface area contributed by atoms with Gasteiger partial charge in [0.2, 0.25) is 5.91 Å². The van der Waals surface area contributed by atoms with Gasteiger partial charge in [0.05, 0.1) is 12.2 Å². The van der Waals surface area contributed by atoms with E-state index >= 15 is 0 Å². The van der Waals surface area contributed by atoms with Gasteiger partial charge in [-0.3, -0.25) is 9.79 Å². The van der Waals surface area contributed by atoms with Crippen LogP contribution in [0.25, 0.3) is 5.70 Å². The fourth-order valence-electron chi connectivity index (χ4n) is 2.78. The van der Waals surface area contributed by atoms with E-state index in [1.807, 2.05) is 12.1 Å². The molecule has 2 aliphatic heterocycles. The van der Waals surface area contributed by atoms with Crippen LogP contribution in [0.5, 0.6) is 0 Å². The second-order valence-corrected chi connectivity index (χ2v) is 6.35. The lowest BCUT2D eigenvalue weighted by molar-refractivity contribution is -0.120. The number of carbonyl (C=O) groups excluding carboxylic acids is 1. The molecule has 0 saturated heterocycles. The molecule has 2 heterocycles. The van der Waals surface area contributed by atoms with Crippen molar-refractivity contribution in [1.29, 1.82) is 0 Å². The third-order valence-corrected chi connectivity index (χ3v) is 5.07. The fourth-order valence-corrected chi connectivity index (χ4v) is 3.74. The first kappa shape index (κ1) is 15.2. The highest BCUT2D eigenvalue weighted by molar-refractivity contribution is 8.16. The van der Waals surface area contributed by atoms with E-state index in [0.29, 0.717) is 0 Å². The second kappa shape index (κ2) is 6.57. The molecule has 22 heavy (non-hydrogen) atoms. The first-order valence-electron chi connectivity index (χ1n) is 7.83. The largest absolute Gasteiger partial charge is 0.326 e. The third-order valence-electron chi connectivity index (χ3n) is 4.17. The number of rotatable bonds is 5. The predicted molar refractivity (Wildman–Crippen MR) is 93.7 cm³/mol. The van der Waals surface area contributed by atoms with E-state index in [4.69, 9.17) is 0 Å². The van der Waals surface area contributed by atoms with E-state index in [1.54, 1.807) is 11.8 Å². The number of nitrogens with zero attached hydrogens (tertiary/aromatic N) is 2.